The molecule has 0 fully saturated rings. The summed E-state index contributed by atoms with van der Waals surface area (Å²) in [5.74, 6) is 0.731. The molecule has 32 heavy (non-hydrogen) atoms. The highest BCUT2D eigenvalue weighted by atomic mass is 28.3. The lowest BCUT2D eigenvalue weighted by molar-refractivity contribution is 0.0872. The Morgan fingerprint density at radius 2 is 1.91 bits per heavy atom. The van der Waals surface area contributed by atoms with Gasteiger partial charge in [-0.25, -0.2) is 9.78 Å². The van der Waals surface area contributed by atoms with Crippen LogP contribution in [0.15, 0.2) is 48.5 Å². The second-order valence-corrected chi connectivity index (χ2v) is 14.7. The first kappa shape index (κ1) is 24.0. The molecule has 3 N–H and O–H groups in total. The number of carbonyl (C=O) groups excluding carboxylic acids is 1. The summed E-state index contributed by atoms with van der Waals surface area (Å²) in [4.78, 5) is 17.0. The van der Waals surface area contributed by atoms with Gasteiger partial charge in [-0.15, -0.1) is 0 Å². The van der Waals surface area contributed by atoms with Gasteiger partial charge in [-0.1, -0.05) is 62.1 Å². The molecule has 0 bridgehead atoms. The second kappa shape index (κ2) is 11.3. The molecule has 1 heterocycles. The summed E-state index contributed by atoms with van der Waals surface area (Å²) in [6.07, 6.45) is 0.276. The van der Waals surface area contributed by atoms with Crippen molar-refractivity contribution in [2.75, 3.05) is 13.2 Å². The second-order valence-electron chi connectivity index (χ2n) is 9.04. The number of para-hydroxylation sites is 1. The van der Waals surface area contributed by atoms with E-state index in [-0.39, 0.29) is 13.2 Å². The van der Waals surface area contributed by atoms with E-state index in [0.29, 0.717) is 19.9 Å². The largest absolute Gasteiger partial charge is 0.445 e. The van der Waals surface area contributed by atoms with E-state index in [0.717, 1.165) is 40.4 Å². The van der Waals surface area contributed by atoms with Gasteiger partial charge in [0.15, 0.2) is 0 Å². The number of carbonyl (C=O) groups is 1. The molecule has 0 saturated carbocycles. The van der Waals surface area contributed by atoms with Crippen LogP contribution >= 0.6 is 0 Å². The number of hydrogen-bond acceptors (Lipinski definition) is 5. The molecule has 2 aromatic carbocycles. The molecular weight excluding hydrogens is 420 g/mol. The van der Waals surface area contributed by atoms with Crippen molar-refractivity contribution in [2.45, 2.75) is 52.0 Å². The summed E-state index contributed by atoms with van der Waals surface area (Å²) in [5.41, 5.74) is 9.79. The highest BCUT2D eigenvalue weighted by molar-refractivity contribution is 6.76. The molecule has 0 spiro atoms. The Morgan fingerprint density at radius 3 is 2.62 bits per heavy atom. The normalized spacial score (nSPS) is 11.6. The first-order chi connectivity index (χ1) is 15.4. The quantitative estimate of drug-likeness (QED) is 0.333. The molecule has 0 unspecified atom stereocenters. The van der Waals surface area contributed by atoms with Crippen molar-refractivity contribution >= 4 is 25.2 Å². The maximum Gasteiger partial charge on any atom is 0.407 e. The summed E-state index contributed by atoms with van der Waals surface area (Å²) in [6, 6.07) is 16.7. The fourth-order valence-corrected chi connectivity index (χ4v) is 4.16. The van der Waals surface area contributed by atoms with Crippen LogP contribution in [-0.4, -0.2) is 36.9 Å². The first-order valence-electron chi connectivity index (χ1n) is 11.1. The number of benzene rings is 2. The molecule has 0 aliphatic carbocycles. The number of nitrogens with two attached hydrogens (primary N) is 1. The Kier molecular flexibility index (Phi) is 8.44. The van der Waals surface area contributed by atoms with E-state index in [1.54, 1.807) is 0 Å². The number of hydrogen-bond donors (Lipinski definition) is 2. The minimum absolute atomic E-state index is 0.226. The van der Waals surface area contributed by atoms with E-state index in [4.69, 9.17) is 20.2 Å². The summed E-state index contributed by atoms with van der Waals surface area (Å²) in [6.45, 7) is 9.13. The number of alkyl carbamates (subject to hydrolysis) is 1. The van der Waals surface area contributed by atoms with E-state index >= 15 is 0 Å². The zero-order valence-corrected chi connectivity index (χ0v) is 20.3. The summed E-state index contributed by atoms with van der Waals surface area (Å²) < 4.78 is 13.4. The van der Waals surface area contributed by atoms with Gasteiger partial charge in [0, 0.05) is 14.7 Å². The third kappa shape index (κ3) is 6.91. The Hall–Kier alpha value is -2.68. The third-order valence-electron chi connectivity index (χ3n) is 5.16. The predicted octanol–water partition coefficient (Wildman–Crippen LogP) is 4.28. The molecule has 7 nitrogen and oxygen atoms in total. The van der Waals surface area contributed by atoms with Crippen LogP contribution < -0.4 is 11.1 Å². The van der Waals surface area contributed by atoms with Crippen LogP contribution in [0.2, 0.25) is 25.7 Å². The SMILES string of the molecule is C[Si](C)(C)CCOCn1c(CNC(=O)OCc2ccccc2)nc2cccc(CCN)c21. The van der Waals surface area contributed by atoms with Crippen LogP contribution in [0.4, 0.5) is 4.79 Å². The van der Waals surface area contributed by atoms with Gasteiger partial charge in [0.2, 0.25) is 0 Å². The molecule has 1 aromatic heterocycles. The number of ether oxygens (including phenoxy) is 2. The number of nitrogens with one attached hydrogen (secondary N) is 1. The Balaban J connectivity index is 1.71. The highest BCUT2D eigenvalue weighted by Crippen LogP contribution is 2.22. The molecular formula is C24H34N4O3Si. The lowest BCUT2D eigenvalue weighted by Crippen LogP contribution is -2.26. The zero-order valence-electron chi connectivity index (χ0n) is 19.3. The third-order valence-corrected chi connectivity index (χ3v) is 6.87. The molecule has 3 aromatic rings. The van der Waals surface area contributed by atoms with E-state index in [2.05, 4.69) is 31.0 Å². The van der Waals surface area contributed by atoms with Gasteiger partial charge in [0.05, 0.1) is 17.6 Å². The van der Waals surface area contributed by atoms with E-state index in [9.17, 15) is 4.79 Å². The van der Waals surface area contributed by atoms with Crippen molar-refractivity contribution in [3.05, 3.63) is 65.5 Å². The van der Waals surface area contributed by atoms with Gasteiger partial charge in [-0.3, -0.25) is 0 Å². The molecule has 0 saturated heterocycles. The number of aromatic nitrogens is 2. The maximum absolute atomic E-state index is 12.2. The van der Waals surface area contributed by atoms with Crippen LogP contribution in [0.5, 0.6) is 0 Å². The number of imidazole rings is 1. The smallest absolute Gasteiger partial charge is 0.407 e. The number of amides is 1. The molecule has 3 rings (SSSR count). The van der Waals surface area contributed by atoms with Crippen LogP contribution in [0.1, 0.15) is 17.0 Å². The first-order valence-corrected chi connectivity index (χ1v) is 14.8. The Morgan fingerprint density at radius 1 is 1.12 bits per heavy atom. The topological polar surface area (TPSA) is 91.4 Å². The average Bonchev–Trinajstić information content (AvgIpc) is 3.12. The molecule has 0 atom stereocenters. The van der Waals surface area contributed by atoms with Crippen molar-refractivity contribution in [1.29, 1.82) is 0 Å². The molecule has 0 aliphatic rings. The molecule has 1 amide bonds. The van der Waals surface area contributed by atoms with Crippen molar-refractivity contribution in [3.63, 3.8) is 0 Å². The maximum atomic E-state index is 12.2. The lowest BCUT2D eigenvalue weighted by Gasteiger charge is -2.17. The fourth-order valence-electron chi connectivity index (χ4n) is 3.40. The summed E-state index contributed by atoms with van der Waals surface area (Å²) in [5, 5.41) is 2.82. The van der Waals surface area contributed by atoms with E-state index < -0.39 is 14.2 Å². The number of fused-ring (bicyclic) bond motifs is 1. The minimum Gasteiger partial charge on any atom is -0.445 e. The van der Waals surface area contributed by atoms with Gasteiger partial charge in [-0.2, -0.15) is 0 Å². The van der Waals surface area contributed by atoms with E-state index in [1.807, 2.05) is 47.0 Å². The van der Waals surface area contributed by atoms with Gasteiger partial charge >= 0.3 is 6.09 Å². The van der Waals surface area contributed by atoms with Crippen LogP contribution in [0.3, 0.4) is 0 Å². The lowest BCUT2D eigenvalue weighted by atomic mass is 10.1. The number of nitrogens with zero attached hydrogens (tertiary/aromatic N) is 2. The fraction of sp³-hybridized carbons (Fsp3) is 0.417. The average molecular weight is 455 g/mol. The van der Waals surface area contributed by atoms with Crippen LogP contribution in [-0.2, 0) is 35.8 Å². The Labute approximate surface area is 190 Å². The van der Waals surface area contributed by atoms with Crippen molar-refractivity contribution in [2.24, 2.45) is 5.73 Å². The van der Waals surface area contributed by atoms with Gasteiger partial charge < -0.3 is 25.1 Å². The van der Waals surface area contributed by atoms with Crippen molar-refractivity contribution in [3.8, 4) is 0 Å². The van der Waals surface area contributed by atoms with Gasteiger partial charge in [0.25, 0.3) is 0 Å². The zero-order chi connectivity index (χ0) is 23.0. The highest BCUT2D eigenvalue weighted by Gasteiger charge is 2.16. The molecule has 0 aliphatic heterocycles. The number of rotatable bonds is 11. The van der Waals surface area contributed by atoms with Gasteiger partial charge in [0.1, 0.15) is 19.2 Å². The molecule has 0 radical (unpaired) electrons. The monoisotopic (exact) mass is 454 g/mol. The van der Waals surface area contributed by atoms with Crippen LogP contribution in [0, 0.1) is 0 Å². The Bertz CT molecular complexity index is 1020. The molecule has 8 heteroatoms. The summed E-state index contributed by atoms with van der Waals surface area (Å²) >= 11 is 0. The molecule has 172 valence electrons. The summed E-state index contributed by atoms with van der Waals surface area (Å²) in [7, 11) is -1.18. The van der Waals surface area contributed by atoms with Crippen molar-refractivity contribution in [1.82, 2.24) is 14.9 Å². The van der Waals surface area contributed by atoms with Gasteiger partial charge in [-0.05, 0) is 36.2 Å². The predicted molar refractivity (Wildman–Crippen MR) is 130 cm³/mol. The van der Waals surface area contributed by atoms with Crippen LogP contribution in [0.25, 0.3) is 11.0 Å². The standard InChI is InChI=1S/C24H34N4O3Si/c1-32(2,3)15-14-30-18-28-22(27-21-11-7-10-20(12-13-25)23(21)28)16-26-24(29)31-17-19-8-5-4-6-9-19/h4-11H,12-18,25H2,1-3H3,(H,26,29). The van der Waals surface area contributed by atoms with Crippen molar-refractivity contribution < 1.29 is 14.3 Å². The van der Waals surface area contributed by atoms with E-state index in [1.165, 1.54) is 0 Å². The minimum atomic E-state index is -1.18.